The fraction of sp³-hybridized carbons (Fsp3) is 0.529. The van der Waals surface area contributed by atoms with Crippen LogP contribution < -0.4 is 0 Å². The molecule has 1 fully saturated rings. The van der Waals surface area contributed by atoms with Gasteiger partial charge in [-0.15, -0.1) is 11.3 Å². The number of hydrogen-bond donors (Lipinski definition) is 0. The van der Waals surface area contributed by atoms with Crippen LogP contribution in [0, 0.1) is 0 Å². The van der Waals surface area contributed by atoms with Crippen molar-refractivity contribution in [1.29, 1.82) is 0 Å². The molecule has 1 aromatic carbocycles. The van der Waals surface area contributed by atoms with Crippen LogP contribution in [0.15, 0.2) is 18.2 Å². The smallest absolute Gasteiger partial charge is 0.323 e. The van der Waals surface area contributed by atoms with E-state index in [1.165, 1.54) is 9.71 Å². The molecule has 1 unspecified atom stereocenters. The molecule has 1 atom stereocenters. The van der Waals surface area contributed by atoms with Crippen molar-refractivity contribution in [1.82, 2.24) is 9.88 Å². The normalized spacial score (nSPS) is 18.2. The van der Waals surface area contributed by atoms with E-state index in [-0.39, 0.29) is 12.0 Å². The summed E-state index contributed by atoms with van der Waals surface area (Å²) < 4.78 is 6.30. The monoisotopic (exact) mass is 352 g/mol. The highest BCUT2D eigenvalue weighted by molar-refractivity contribution is 7.18. The van der Waals surface area contributed by atoms with Gasteiger partial charge in [-0.3, -0.25) is 9.69 Å². The van der Waals surface area contributed by atoms with Crippen LogP contribution in [0.2, 0.25) is 5.02 Å². The highest BCUT2D eigenvalue weighted by Gasteiger charge is 2.29. The minimum Gasteiger partial charge on any atom is -0.465 e. The highest BCUT2D eigenvalue weighted by atomic mass is 35.5. The van der Waals surface area contributed by atoms with Crippen LogP contribution in [0.3, 0.4) is 0 Å². The SMILES string of the molecule is CCOC(=O)C(C)N1CCC(c2nc3cc(Cl)ccc3s2)CC1. The summed E-state index contributed by atoms with van der Waals surface area (Å²) in [5.74, 6) is 0.345. The van der Waals surface area contributed by atoms with Crippen molar-refractivity contribution in [2.24, 2.45) is 0 Å². The second-order valence-electron chi connectivity index (χ2n) is 5.90. The molecule has 2 heterocycles. The van der Waals surface area contributed by atoms with E-state index in [0.717, 1.165) is 36.5 Å². The van der Waals surface area contributed by atoms with E-state index in [0.29, 0.717) is 12.5 Å². The standard InChI is InChI=1S/C17H21ClN2O2S/c1-3-22-17(21)11(2)20-8-6-12(7-9-20)16-19-14-10-13(18)4-5-15(14)23-16/h4-5,10-12H,3,6-9H2,1-2H3. The molecule has 3 rings (SSSR count). The molecule has 124 valence electrons. The molecule has 0 spiro atoms. The first-order valence-corrected chi connectivity index (χ1v) is 9.24. The summed E-state index contributed by atoms with van der Waals surface area (Å²) in [6, 6.07) is 5.71. The summed E-state index contributed by atoms with van der Waals surface area (Å²) in [5, 5.41) is 1.91. The molecule has 0 saturated carbocycles. The molecule has 1 aliphatic rings. The quantitative estimate of drug-likeness (QED) is 0.777. The van der Waals surface area contributed by atoms with Crippen LogP contribution in [-0.4, -0.2) is 41.6 Å². The number of hydrogen-bond acceptors (Lipinski definition) is 5. The lowest BCUT2D eigenvalue weighted by Gasteiger charge is -2.34. The predicted molar refractivity (Wildman–Crippen MR) is 94.3 cm³/mol. The maximum Gasteiger partial charge on any atom is 0.323 e. The Morgan fingerprint density at radius 3 is 2.91 bits per heavy atom. The molecule has 1 saturated heterocycles. The number of carbonyl (C=O) groups excluding carboxylic acids is 1. The maximum atomic E-state index is 11.9. The van der Waals surface area contributed by atoms with Gasteiger partial charge in [-0.1, -0.05) is 11.6 Å². The Morgan fingerprint density at radius 1 is 1.48 bits per heavy atom. The zero-order chi connectivity index (χ0) is 16.4. The molecule has 0 aliphatic carbocycles. The number of aromatic nitrogens is 1. The predicted octanol–water partition coefficient (Wildman–Crippen LogP) is 4.08. The number of likely N-dealkylation sites (tertiary alicyclic amines) is 1. The van der Waals surface area contributed by atoms with E-state index in [2.05, 4.69) is 4.90 Å². The average Bonchev–Trinajstić information content (AvgIpc) is 2.97. The number of ether oxygens (including phenoxy) is 1. The second kappa shape index (κ2) is 7.16. The molecular formula is C17H21ClN2O2S. The van der Waals surface area contributed by atoms with Crippen LogP contribution in [0.4, 0.5) is 0 Å². The number of fused-ring (bicyclic) bond motifs is 1. The molecule has 1 aliphatic heterocycles. The van der Waals surface area contributed by atoms with Crippen molar-refractivity contribution >= 4 is 39.1 Å². The van der Waals surface area contributed by atoms with Gasteiger partial charge in [-0.25, -0.2) is 4.98 Å². The van der Waals surface area contributed by atoms with Crippen LogP contribution in [0.25, 0.3) is 10.2 Å². The number of esters is 1. The van der Waals surface area contributed by atoms with Gasteiger partial charge >= 0.3 is 5.97 Å². The van der Waals surface area contributed by atoms with Gasteiger partial charge in [-0.2, -0.15) is 0 Å². The van der Waals surface area contributed by atoms with Crippen molar-refractivity contribution in [2.75, 3.05) is 19.7 Å². The molecule has 0 radical (unpaired) electrons. The lowest BCUT2D eigenvalue weighted by atomic mass is 9.96. The lowest BCUT2D eigenvalue weighted by Crippen LogP contribution is -2.44. The zero-order valence-corrected chi connectivity index (χ0v) is 15.0. The topological polar surface area (TPSA) is 42.4 Å². The summed E-state index contributed by atoms with van der Waals surface area (Å²) in [6.07, 6.45) is 2.05. The molecule has 2 aromatic rings. The number of thiazole rings is 1. The van der Waals surface area contributed by atoms with Gasteiger partial charge in [0, 0.05) is 10.9 Å². The Kier molecular flexibility index (Phi) is 5.19. The number of piperidine rings is 1. The summed E-state index contributed by atoms with van der Waals surface area (Å²) in [6.45, 7) is 6.02. The van der Waals surface area contributed by atoms with Gasteiger partial charge in [-0.05, 0) is 58.0 Å². The van der Waals surface area contributed by atoms with Crippen molar-refractivity contribution < 1.29 is 9.53 Å². The third-order valence-electron chi connectivity index (χ3n) is 4.42. The minimum absolute atomic E-state index is 0.124. The van der Waals surface area contributed by atoms with Crippen LogP contribution in [0.5, 0.6) is 0 Å². The summed E-state index contributed by atoms with van der Waals surface area (Å²) in [7, 11) is 0. The van der Waals surface area contributed by atoms with Gasteiger partial charge in [0.2, 0.25) is 0 Å². The van der Waals surface area contributed by atoms with Crippen molar-refractivity contribution in [3.8, 4) is 0 Å². The van der Waals surface area contributed by atoms with Crippen molar-refractivity contribution in [3.05, 3.63) is 28.2 Å². The molecule has 0 N–H and O–H groups in total. The first-order valence-electron chi connectivity index (χ1n) is 8.05. The molecule has 4 nitrogen and oxygen atoms in total. The molecule has 0 amide bonds. The van der Waals surface area contributed by atoms with Gasteiger partial charge in [0.1, 0.15) is 6.04 Å². The first kappa shape index (κ1) is 16.7. The van der Waals surface area contributed by atoms with Crippen molar-refractivity contribution in [3.63, 3.8) is 0 Å². The third-order valence-corrected chi connectivity index (χ3v) is 5.85. The lowest BCUT2D eigenvalue weighted by molar-refractivity contribution is -0.149. The third kappa shape index (κ3) is 3.67. The van der Waals surface area contributed by atoms with E-state index in [4.69, 9.17) is 21.3 Å². The van der Waals surface area contributed by atoms with Crippen LogP contribution in [0.1, 0.15) is 37.6 Å². The van der Waals surface area contributed by atoms with Gasteiger partial charge in [0.15, 0.2) is 0 Å². The minimum atomic E-state index is -0.162. The Labute approximate surface area is 145 Å². The fourth-order valence-electron chi connectivity index (χ4n) is 3.04. The average molecular weight is 353 g/mol. The Hall–Kier alpha value is -1.17. The summed E-state index contributed by atoms with van der Waals surface area (Å²) in [5.41, 5.74) is 0.986. The number of benzene rings is 1. The van der Waals surface area contributed by atoms with Gasteiger partial charge < -0.3 is 4.74 Å². The first-order chi connectivity index (χ1) is 11.1. The molecular weight excluding hydrogens is 332 g/mol. The Bertz CT molecular complexity index is 695. The van der Waals surface area contributed by atoms with Gasteiger partial charge in [0.25, 0.3) is 0 Å². The maximum absolute atomic E-state index is 11.9. The Balaban J connectivity index is 1.64. The number of rotatable bonds is 4. The number of carbonyl (C=O) groups is 1. The molecule has 1 aromatic heterocycles. The Morgan fingerprint density at radius 2 is 2.22 bits per heavy atom. The van der Waals surface area contributed by atoms with Gasteiger partial charge in [0.05, 0.1) is 21.8 Å². The van der Waals surface area contributed by atoms with E-state index >= 15 is 0 Å². The van der Waals surface area contributed by atoms with E-state index in [1.54, 1.807) is 11.3 Å². The number of nitrogens with zero attached hydrogens (tertiary/aromatic N) is 2. The summed E-state index contributed by atoms with van der Waals surface area (Å²) >= 11 is 7.79. The molecule has 23 heavy (non-hydrogen) atoms. The second-order valence-corrected chi connectivity index (χ2v) is 7.40. The van der Waals surface area contributed by atoms with Crippen molar-refractivity contribution in [2.45, 2.75) is 38.6 Å². The van der Waals surface area contributed by atoms with E-state index < -0.39 is 0 Å². The molecule has 0 bridgehead atoms. The zero-order valence-electron chi connectivity index (χ0n) is 13.4. The van der Waals surface area contributed by atoms with Crippen LogP contribution >= 0.6 is 22.9 Å². The number of halogens is 1. The van der Waals surface area contributed by atoms with Crippen LogP contribution in [-0.2, 0) is 9.53 Å². The van der Waals surface area contributed by atoms with E-state index in [1.807, 2.05) is 32.0 Å². The fourth-order valence-corrected chi connectivity index (χ4v) is 4.32. The largest absolute Gasteiger partial charge is 0.465 e. The molecule has 6 heteroatoms. The van der Waals surface area contributed by atoms with E-state index in [9.17, 15) is 4.79 Å². The highest BCUT2D eigenvalue weighted by Crippen LogP contribution is 2.35. The summed E-state index contributed by atoms with van der Waals surface area (Å²) in [4.78, 5) is 18.8.